The second-order valence-electron chi connectivity index (χ2n) is 7.51. The van der Waals surface area contributed by atoms with E-state index in [1.807, 2.05) is 48.7 Å². The van der Waals surface area contributed by atoms with Crippen LogP contribution in [0.1, 0.15) is 22.9 Å². The lowest BCUT2D eigenvalue weighted by atomic mass is 10.1. The number of carbonyl (C=O) groups is 1. The molecule has 0 saturated heterocycles. The maximum atomic E-state index is 13.1. The van der Waals surface area contributed by atoms with Crippen molar-refractivity contribution in [3.05, 3.63) is 93.0 Å². The molecular weight excluding hydrogens is 424 g/mol. The Morgan fingerprint density at radius 2 is 1.91 bits per heavy atom. The van der Waals surface area contributed by atoms with Crippen molar-refractivity contribution < 1.29 is 9.72 Å². The Morgan fingerprint density at radius 3 is 2.62 bits per heavy atom. The SMILES string of the molecule is CCc1ccc(NC(=O)N(CCc2c[nH]c3ccccc23)Cc2ccc([N+](=O)[O-])s2)cc1. The molecule has 2 N–H and O–H groups in total. The van der Waals surface area contributed by atoms with Crippen LogP contribution in [0.5, 0.6) is 0 Å². The molecule has 0 aliphatic rings. The zero-order valence-corrected chi connectivity index (χ0v) is 18.5. The molecule has 0 aliphatic heterocycles. The summed E-state index contributed by atoms with van der Waals surface area (Å²) in [6.07, 6.45) is 3.57. The summed E-state index contributed by atoms with van der Waals surface area (Å²) in [5.41, 5.74) is 4.11. The van der Waals surface area contributed by atoms with Crippen LogP contribution in [0.15, 0.2) is 66.9 Å². The summed E-state index contributed by atoms with van der Waals surface area (Å²) < 4.78 is 0. The number of hydrogen-bond acceptors (Lipinski definition) is 4. The quantitative estimate of drug-likeness (QED) is 0.257. The van der Waals surface area contributed by atoms with Gasteiger partial charge in [-0.15, -0.1) is 0 Å². The first-order chi connectivity index (χ1) is 15.5. The number of thiophene rings is 1. The van der Waals surface area contributed by atoms with Crippen molar-refractivity contribution >= 4 is 39.0 Å². The van der Waals surface area contributed by atoms with Gasteiger partial charge in [0.25, 0.3) is 0 Å². The lowest BCUT2D eigenvalue weighted by Crippen LogP contribution is -2.35. The third-order valence-corrected chi connectivity index (χ3v) is 6.42. The molecule has 7 nitrogen and oxygen atoms in total. The van der Waals surface area contributed by atoms with Crippen LogP contribution < -0.4 is 5.32 Å². The first-order valence-corrected chi connectivity index (χ1v) is 11.3. The smallest absolute Gasteiger partial charge is 0.324 e. The van der Waals surface area contributed by atoms with E-state index in [4.69, 9.17) is 0 Å². The normalized spacial score (nSPS) is 10.9. The van der Waals surface area contributed by atoms with Crippen LogP contribution in [0.3, 0.4) is 0 Å². The molecular formula is C24H24N4O3S. The van der Waals surface area contributed by atoms with Gasteiger partial charge in [-0.25, -0.2) is 4.79 Å². The van der Waals surface area contributed by atoms with E-state index in [-0.39, 0.29) is 11.0 Å². The van der Waals surface area contributed by atoms with Crippen molar-refractivity contribution in [3.63, 3.8) is 0 Å². The van der Waals surface area contributed by atoms with E-state index in [1.54, 1.807) is 11.0 Å². The number of urea groups is 1. The number of nitrogens with zero attached hydrogens (tertiary/aromatic N) is 2. The van der Waals surface area contributed by atoms with Crippen molar-refractivity contribution in [2.24, 2.45) is 0 Å². The predicted octanol–water partition coefficient (Wildman–Crippen LogP) is 5.98. The van der Waals surface area contributed by atoms with E-state index in [1.165, 1.54) is 11.6 Å². The number of rotatable bonds is 8. The average Bonchev–Trinajstić information content (AvgIpc) is 3.44. The van der Waals surface area contributed by atoms with E-state index in [2.05, 4.69) is 23.3 Å². The van der Waals surface area contributed by atoms with E-state index >= 15 is 0 Å². The summed E-state index contributed by atoms with van der Waals surface area (Å²) in [5.74, 6) is 0. The highest BCUT2D eigenvalue weighted by molar-refractivity contribution is 7.15. The molecule has 2 aromatic heterocycles. The molecule has 0 unspecified atom stereocenters. The lowest BCUT2D eigenvalue weighted by Gasteiger charge is -2.22. The number of nitro groups is 1. The van der Waals surface area contributed by atoms with Gasteiger partial charge in [0.15, 0.2) is 0 Å². The Morgan fingerprint density at radius 1 is 1.12 bits per heavy atom. The van der Waals surface area contributed by atoms with Crippen LogP contribution in [0.25, 0.3) is 10.9 Å². The number of anilines is 1. The van der Waals surface area contributed by atoms with E-state index in [0.29, 0.717) is 19.5 Å². The number of H-pyrrole nitrogens is 1. The van der Waals surface area contributed by atoms with Crippen LogP contribution in [0.4, 0.5) is 15.5 Å². The van der Waals surface area contributed by atoms with Crippen LogP contribution in [0, 0.1) is 10.1 Å². The van der Waals surface area contributed by atoms with Gasteiger partial charge in [0, 0.05) is 40.3 Å². The largest absolute Gasteiger partial charge is 0.361 e. The number of benzene rings is 2. The number of hydrogen-bond donors (Lipinski definition) is 2. The number of aryl methyl sites for hydroxylation is 1. The third-order valence-electron chi connectivity index (χ3n) is 5.40. The van der Waals surface area contributed by atoms with Gasteiger partial charge in [-0.2, -0.15) is 0 Å². The van der Waals surface area contributed by atoms with Crippen molar-refractivity contribution in [1.29, 1.82) is 0 Å². The highest BCUT2D eigenvalue weighted by Gasteiger charge is 2.18. The standard InChI is InChI=1S/C24H24N4O3S/c1-2-17-7-9-19(10-8-17)26-24(29)27(16-20-11-12-23(32-20)28(30)31)14-13-18-15-25-22-6-4-3-5-21(18)22/h3-12,15,25H,2,13-14,16H2,1H3,(H,26,29). The molecule has 4 aromatic rings. The van der Waals surface area contributed by atoms with Gasteiger partial charge in [-0.1, -0.05) is 48.6 Å². The number of amides is 2. The highest BCUT2D eigenvalue weighted by atomic mass is 32.1. The summed E-state index contributed by atoms with van der Waals surface area (Å²) in [5, 5.41) is 15.2. The molecule has 32 heavy (non-hydrogen) atoms. The van der Waals surface area contributed by atoms with Gasteiger partial charge in [-0.05, 0) is 48.2 Å². The molecule has 0 radical (unpaired) electrons. The molecule has 164 valence electrons. The molecule has 0 saturated carbocycles. The summed E-state index contributed by atoms with van der Waals surface area (Å²) >= 11 is 1.10. The minimum absolute atomic E-state index is 0.0761. The molecule has 2 heterocycles. The molecule has 2 amide bonds. The number of carbonyl (C=O) groups excluding carboxylic acids is 1. The van der Waals surface area contributed by atoms with Gasteiger partial charge in [0.1, 0.15) is 0 Å². The van der Waals surface area contributed by atoms with Gasteiger partial charge >= 0.3 is 11.0 Å². The fraction of sp³-hybridized carbons (Fsp3) is 0.208. The van der Waals surface area contributed by atoms with Crippen molar-refractivity contribution in [2.75, 3.05) is 11.9 Å². The Bertz CT molecular complexity index is 1230. The summed E-state index contributed by atoms with van der Waals surface area (Å²) in [7, 11) is 0. The van der Waals surface area contributed by atoms with Crippen molar-refractivity contribution in [1.82, 2.24) is 9.88 Å². The molecule has 8 heteroatoms. The predicted molar refractivity (Wildman–Crippen MR) is 128 cm³/mol. The van der Waals surface area contributed by atoms with Crippen LogP contribution in [-0.2, 0) is 19.4 Å². The van der Waals surface area contributed by atoms with E-state index < -0.39 is 4.92 Å². The fourth-order valence-corrected chi connectivity index (χ4v) is 4.45. The first kappa shape index (κ1) is 21.6. The molecule has 0 atom stereocenters. The van der Waals surface area contributed by atoms with Crippen LogP contribution >= 0.6 is 11.3 Å². The maximum absolute atomic E-state index is 13.1. The first-order valence-electron chi connectivity index (χ1n) is 10.5. The van der Waals surface area contributed by atoms with Gasteiger partial charge in [0.2, 0.25) is 0 Å². The van der Waals surface area contributed by atoms with Crippen LogP contribution in [-0.4, -0.2) is 27.4 Å². The second-order valence-corrected chi connectivity index (χ2v) is 8.66. The summed E-state index contributed by atoms with van der Waals surface area (Å²) in [4.78, 5) is 29.5. The summed E-state index contributed by atoms with van der Waals surface area (Å²) in [6, 6.07) is 18.8. The van der Waals surface area contributed by atoms with Gasteiger partial charge in [-0.3, -0.25) is 10.1 Å². The van der Waals surface area contributed by atoms with Gasteiger partial charge < -0.3 is 15.2 Å². The summed E-state index contributed by atoms with van der Waals surface area (Å²) in [6.45, 7) is 2.87. The van der Waals surface area contributed by atoms with Crippen molar-refractivity contribution in [2.45, 2.75) is 26.3 Å². The highest BCUT2D eigenvalue weighted by Crippen LogP contribution is 2.26. The molecule has 2 aromatic carbocycles. The third kappa shape index (κ3) is 4.97. The molecule has 0 spiro atoms. The Balaban J connectivity index is 1.51. The molecule has 0 bridgehead atoms. The van der Waals surface area contributed by atoms with E-state index in [9.17, 15) is 14.9 Å². The minimum Gasteiger partial charge on any atom is -0.361 e. The average molecular weight is 449 g/mol. The monoisotopic (exact) mass is 448 g/mol. The molecule has 0 aliphatic carbocycles. The number of aromatic nitrogens is 1. The Hall–Kier alpha value is -3.65. The second kappa shape index (κ2) is 9.65. The topological polar surface area (TPSA) is 91.3 Å². The Labute approximate surface area is 189 Å². The Kier molecular flexibility index (Phi) is 6.51. The molecule has 4 rings (SSSR count). The van der Waals surface area contributed by atoms with Crippen molar-refractivity contribution in [3.8, 4) is 0 Å². The maximum Gasteiger partial charge on any atom is 0.324 e. The number of nitrogens with one attached hydrogen (secondary N) is 2. The number of fused-ring (bicyclic) bond motifs is 1. The zero-order valence-electron chi connectivity index (χ0n) is 17.7. The fourth-order valence-electron chi connectivity index (χ4n) is 3.61. The lowest BCUT2D eigenvalue weighted by molar-refractivity contribution is -0.380. The minimum atomic E-state index is -0.403. The van der Waals surface area contributed by atoms with E-state index in [0.717, 1.165) is 44.8 Å². The number of para-hydroxylation sites is 1. The van der Waals surface area contributed by atoms with Crippen LogP contribution in [0.2, 0.25) is 0 Å². The molecule has 0 fully saturated rings. The van der Waals surface area contributed by atoms with Gasteiger partial charge in [0.05, 0.1) is 11.5 Å². The zero-order chi connectivity index (χ0) is 22.5. The number of aromatic amines is 1.